The van der Waals surface area contributed by atoms with Crippen molar-refractivity contribution in [3.63, 3.8) is 0 Å². The highest BCUT2D eigenvalue weighted by Gasteiger charge is 2.21. The number of carbonyl (C=O) groups is 1. The molecule has 0 spiro atoms. The van der Waals surface area contributed by atoms with E-state index >= 15 is 0 Å². The summed E-state index contributed by atoms with van der Waals surface area (Å²) in [7, 11) is 0. The van der Waals surface area contributed by atoms with Crippen molar-refractivity contribution >= 4 is 11.6 Å². The Labute approximate surface area is 110 Å². The summed E-state index contributed by atoms with van der Waals surface area (Å²) in [6.45, 7) is 1.99. The second-order valence-electron chi connectivity index (χ2n) is 4.49. The van der Waals surface area contributed by atoms with E-state index in [2.05, 4.69) is 20.6 Å². The molecular weight excluding hydrogens is 242 g/mol. The average molecular weight is 255 g/mol. The molecule has 3 heterocycles. The fraction of sp³-hybridized carbons (Fsp3) is 0.231. The van der Waals surface area contributed by atoms with Gasteiger partial charge in [0.15, 0.2) is 5.82 Å². The third kappa shape index (κ3) is 2.24. The fourth-order valence-electron chi connectivity index (χ4n) is 2.08. The zero-order valence-corrected chi connectivity index (χ0v) is 10.4. The second-order valence-corrected chi connectivity index (χ2v) is 4.49. The molecule has 1 N–H and O–H groups in total. The van der Waals surface area contributed by atoms with E-state index in [0.29, 0.717) is 6.42 Å². The molecule has 0 bridgehead atoms. The highest BCUT2D eigenvalue weighted by molar-refractivity contribution is 6.05. The van der Waals surface area contributed by atoms with E-state index < -0.39 is 0 Å². The quantitative estimate of drug-likeness (QED) is 0.874. The molecule has 19 heavy (non-hydrogen) atoms. The van der Waals surface area contributed by atoms with Gasteiger partial charge in [0.25, 0.3) is 0 Å². The first-order chi connectivity index (χ1) is 9.24. The molecular formula is C13H13N5O. The van der Waals surface area contributed by atoms with Crippen molar-refractivity contribution in [2.75, 3.05) is 0 Å². The van der Waals surface area contributed by atoms with Gasteiger partial charge in [-0.2, -0.15) is 10.2 Å². The summed E-state index contributed by atoms with van der Waals surface area (Å²) in [6, 6.07) is 5.67. The van der Waals surface area contributed by atoms with Crippen molar-refractivity contribution in [3.05, 3.63) is 42.4 Å². The molecule has 96 valence electrons. The lowest BCUT2D eigenvalue weighted by Crippen LogP contribution is -2.32. The Morgan fingerprint density at radius 1 is 1.42 bits per heavy atom. The molecule has 1 atom stereocenters. The van der Waals surface area contributed by atoms with Crippen LogP contribution in [0.3, 0.4) is 0 Å². The minimum atomic E-state index is -0.0441. The highest BCUT2D eigenvalue weighted by Crippen LogP contribution is 2.16. The Bertz CT molecular complexity index is 615. The second kappa shape index (κ2) is 4.64. The standard InChI is InChI=1S/C13H13N5O/c1-9-7-12(19)16-17-13(9)10-3-4-11(14-8-10)18-6-2-5-15-18/h2-6,8-9H,7H2,1H3,(H,16,19). The van der Waals surface area contributed by atoms with E-state index in [1.165, 1.54) is 0 Å². The first-order valence-corrected chi connectivity index (χ1v) is 6.07. The Balaban J connectivity index is 1.89. The lowest BCUT2D eigenvalue weighted by atomic mass is 9.95. The molecule has 0 aromatic carbocycles. The van der Waals surface area contributed by atoms with Crippen molar-refractivity contribution in [1.29, 1.82) is 0 Å². The van der Waals surface area contributed by atoms with Gasteiger partial charge < -0.3 is 0 Å². The van der Waals surface area contributed by atoms with Crippen molar-refractivity contribution in [3.8, 4) is 5.82 Å². The van der Waals surface area contributed by atoms with Crippen molar-refractivity contribution in [1.82, 2.24) is 20.2 Å². The van der Waals surface area contributed by atoms with Crippen LogP contribution in [0.2, 0.25) is 0 Å². The molecule has 1 aliphatic heterocycles. The number of hydrogen-bond acceptors (Lipinski definition) is 4. The number of hydrogen-bond donors (Lipinski definition) is 1. The van der Waals surface area contributed by atoms with Gasteiger partial charge in [-0.1, -0.05) is 6.92 Å². The summed E-state index contributed by atoms with van der Waals surface area (Å²) in [4.78, 5) is 15.6. The maximum absolute atomic E-state index is 11.2. The Morgan fingerprint density at radius 2 is 2.32 bits per heavy atom. The summed E-state index contributed by atoms with van der Waals surface area (Å²) in [5, 5.41) is 8.23. The average Bonchev–Trinajstić information content (AvgIpc) is 2.93. The number of aromatic nitrogens is 3. The number of carbonyl (C=O) groups excluding carboxylic acids is 1. The van der Waals surface area contributed by atoms with Gasteiger partial charge in [0, 0.05) is 36.5 Å². The third-order valence-electron chi connectivity index (χ3n) is 3.04. The highest BCUT2D eigenvalue weighted by atomic mass is 16.2. The normalized spacial score (nSPS) is 18.9. The van der Waals surface area contributed by atoms with E-state index in [1.807, 2.05) is 31.3 Å². The summed E-state index contributed by atoms with van der Waals surface area (Å²) in [5.74, 6) is 0.810. The van der Waals surface area contributed by atoms with E-state index in [4.69, 9.17) is 0 Å². The maximum Gasteiger partial charge on any atom is 0.240 e. The topological polar surface area (TPSA) is 72.2 Å². The van der Waals surface area contributed by atoms with Crippen molar-refractivity contribution in [2.24, 2.45) is 11.0 Å². The molecule has 1 unspecified atom stereocenters. The molecule has 6 nitrogen and oxygen atoms in total. The number of amides is 1. The van der Waals surface area contributed by atoms with E-state index in [-0.39, 0.29) is 11.8 Å². The van der Waals surface area contributed by atoms with E-state index in [1.54, 1.807) is 17.1 Å². The molecule has 0 saturated carbocycles. The van der Waals surface area contributed by atoms with Gasteiger partial charge in [0.05, 0.1) is 5.71 Å². The minimum absolute atomic E-state index is 0.0441. The number of pyridine rings is 1. The van der Waals surface area contributed by atoms with Crippen LogP contribution in [0.1, 0.15) is 18.9 Å². The summed E-state index contributed by atoms with van der Waals surface area (Å²) in [6.07, 6.45) is 5.75. The Morgan fingerprint density at radius 3 is 2.95 bits per heavy atom. The molecule has 0 saturated heterocycles. The predicted molar refractivity (Wildman–Crippen MR) is 69.8 cm³/mol. The van der Waals surface area contributed by atoms with Gasteiger partial charge >= 0.3 is 0 Å². The van der Waals surface area contributed by atoms with Crippen LogP contribution in [0.25, 0.3) is 5.82 Å². The summed E-state index contributed by atoms with van der Waals surface area (Å²) >= 11 is 0. The van der Waals surface area contributed by atoms with Gasteiger partial charge in [0.1, 0.15) is 0 Å². The van der Waals surface area contributed by atoms with Gasteiger partial charge in [-0.05, 0) is 18.2 Å². The SMILES string of the molecule is CC1CC(=O)NN=C1c1ccc(-n2cccn2)nc1. The zero-order valence-electron chi connectivity index (χ0n) is 10.4. The number of rotatable bonds is 2. The van der Waals surface area contributed by atoms with Gasteiger partial charge in [-0.25, -0.2) is 15.1 Å². The van der Waals surface area contributed by atoms with Gasteiger partial charge in [-0.15, -0.1) is 0 Å². The number of nitrogens with one attached hydrogen (secondary N) is 1. The molecule has 2 aromatic heterocycles. The zero-order chi connectivity index (χ0) is 13.2. The maximum atomic E-state index is 11.2. The van der Waals surface area contributed by atoms with E-state index in [0.717, 1.165) is 17.1 Å². The Kier molecular flexibility index (Phi) is 2.83. The molecule has 2 aromatic rings. The molecule has 3 rings (SSSR count). The van der Waals surface area contributed by atoms with E-state index in [9.17, 15) is 4.79 Å². The molecule has 0 fully saturated rings. The lowest BCUT2D eigenvalue weighted by molar-refractivity contribution is -0.121. The van der Waals surface area contributed by atoms with Gasteiger partial charge in [-0.3, -0.25) is 4.79 Å². The Hall–Kier alpha value is -2.50. The molecule has 0 radical (unpaired) electrons. The molecule has 1 aliphatic rings. The van der Waals surface area contributed by atoms with Crippen LogP contribution in [0.15, 0.2) is 41.9 Å². The van der Waals surface area contributed by atoms with Crippen LogP contribution in [-0.4, -0.2) is 26.4 Å². The van der Waals surface area contributed by atoms with Crippen LogP contribution in [0, 0.1) is 5.92 Å². The smallest absolute Gasteiger partial charge is 0.240 e. The largest absolute Gasteiger partial charge is 0.273 e. The number of nitrogens with zero attached hydrogens (tertiary/aromatic N) is 4. The summed E-state index contributed by atoms with van der Waals surface area (Å²) in [5.41, 5.74) is 4.29. The fourth-order valence-corrected chi connectivity index (χ4v) is 2.08. The minimum Gasteiger partial charge on any atom is -0.273 e. The van der Waals surface area contributed by atoms with Crippen LogP contribution >= 0.6 is 0 Å². The van der Waals surface area contributed by atoms with Crippen molar-refractivity contribution < 1.29 is 4.79 Å². The van der Waals surface area contributed by atoms with Crippen LogP contribution in [-0.2, 0) is 4.79 Å². The first kappa shape index (κ1) is 11.6. The molecule has 6 heteroatoms. The lowest BCUT2D eigenvalue weighted by Gasteiger charge is -2.18. The first-order valence-electron chi connectivity index (χ1n) is 6.07. The molecule has 1 amide bonds. The predicted octanol–water partition coefficient (Wildman–Crippen LogP) is 1.13. The monoisotopic (exact) mass is 255 g/mol. The van der Waals surface area contributed by atoms with Crippen molar-refractivity contribution in [2.45, 2.75) is 13.3 Å². The molecule has 0 aliphatic carbocycles. The summed E-state index contributed by atoms with van der Waals surface area (Å²) < 4.78 is 1.69. The number of hydrazone groups is 1. The van der Waals surface area contributed by atoms with Crippen LogP contribution < -0.4 is 5.43 Å². The van der Waals surface area contributed by atoms with Gasteiger partial charge in [0.2, 0.25) is 5.91 Å². The van der Waals surface area contributed by atoms with Crippen LogP contribution in [0.5, 0.6) is 0 Å². The van der Waals surface area contributed by atoms with Crippen LogP contribution in [0.4, 0.5) is 0 Å². The third-order valence-corrected chi connectivity index (χ3v) is 3.04.